The number of hydrogen-bond donors (Lipinski definition) is 8. The number of phosphoric acid groups is 2. The first-order valence-corrected chi connectivity index (χ1v) is 14.4. The lowest BCUT2D eigenvalue weighted by Crippen LogP contribution is -2.64. The number of aliphatic hydroxyl groups is 4. The van der Waals surface area contributed by atoms with Gasteiger partial charge in [0.2, 0.25) is 5.91 Å². The third-order valence-corrected chi connectivity index (χ3v) is 8.34. The number of aliphatic hydroxyl groups excluding tert-OH is 4. The molecule has 19 nitrogen and oxygen atoms in total. The highest BCUT2D eigenvalue weighted by atomic mass is 31.3. The molecule has 2 aliphatic heterocycles. The first-order chi connectivity index (χ1) is 18.2. The first-order valence-electron chi connectivity index (χ1n) is 11.4. The molecule has 0 radical (unpaired) electrons. The fraction of sp³-hybridized carbons (Fsp3) is 0.722. The summed E-state index contributed by atoms with van der Waals surface area (Å²) in [5.41, 5.74) is -1.51. The van der Waals surface area contributed by atoms with Gasteiger partial charge in [0.1, 0.15) is 36.7 Å². The zero-order valence-electron chi connectivity index (χ0n) is 20.2. The number of ether oxygens (including phenoxy) is 2. The fourth-order valence-electron chi connectivity index (χ4n) is 3.78. The zero-order chi connectivity index (χ0) is 29.1. The number of nitrogens with zero attached hydrogens (tertiary/aromatic N) is 1. The third-order valence-electron chi connectivity index (χ3n) is 5.74. The minimum absolute atomic E-state index is 0.102. The Labute approximate surface area is 219 Å². The SMILES string of the molecule is CCC(=O)N[C@H]1[C@@H](OP(=O)(O)OP(=O)(O)OC[C@H]2O[C@@H](n3ccc(=O)[nH]c3=O)C[C@@H]2O)O[C@H](CO)[C@@H](O)[C@@H]1O. The summed E-state index contributed by atoms with van der Waals surface area (Å²) in [6.07, 6.45) is -10.0. The number of aromatic amines is 1. The summed E-state index contributed by atoms with van der Waals surface area (Å²) in [5.74, 6) is -0.687. The molecule has 1 aromatic rings. The minimum Gasteiger partial charge on any atom is -0.394 e. The molecule has 2 fully saturated rings. The molecule has 222 valence electrons. The minimum atomic E-state index is -5.57. The Morgan fingerprint density at radius 2 is 1.85 bits per heavy atom. The van der Waals surface area contributed by atoms with Gasteiger partial charge in [-0.15, -0.1) is 0 Å². The Kier molecular flexibility index (Phi) is 10.4. The smallest absolute Gasteiger partial charge is 0.394 e. The van der Waals surface area contributed by atoms with Gasteiger partial charge in [-0.1, -0.05) is 6.92 Å². The van der Waals surface area contributed by atoms with E-state index in [4.69, 9.17) is 14.0 Å². The van der Waals surface area contributed by atoms with E-state index in [0.29, 0.717) is 0 Å². The highest BCUT2D eigenvalue weighted by molar-refractivity contribution is 7.61. The summed E-state index contributed by atoms with van der Waals surface area (Å²) >= 11 is 0. The predicted octanol–water partition coefficient (Wildman–Crippen LogP) is -3.23. The molecule has 0 aromatic carbocycles. The number of hydrogen-bond acceptors (Lipinski definition) is 14. The van der Waals surface area contributed by atoms with Crippen molar-refractivity contribution in [1.29, 1.82) is 0 Å². The molecule has 3 heterocycles. The van der Waals surface area contributed by atoms with Crippen LogP contribution in [0.2, 0.25) is 0 Å². The summed E-state index contributed by atoms with van der Waals surface area (Å²) in [6, 6.07) is -0.625. The molecule has 0 saturated carbocycles. The second kappa shape index (κ2) is 12.8. The van der Waals surface area contributed by atoms with E-state index in [1.54, 1.807) is 0 Å². The van der Waals surface area contributed by atoms with E-state index in [9.17, 15) is 53.7 Å². The van der Waals surface area contributed by atoms with E-state index < -0.39 is 95.1 Å². The van der Waals surface area contributed by atoms with Crippen LogP contribution in [-0.4, -0.2) is 102 Å². The molecule has 2 aliphatic rings. The van der Waals surface area contributed by atoms with Gasteiger partial charge in [0.15, 0.2) is 6.29 Å². The average Bonchev–Trinajstić information content (AvgIpc) is 3.21. The second-order valence-electron chi connectivity index (χ2n) is 8.52. The molecule has 21 heteroatoms. The maximum absolute atomic E-state index is 12.5. The monoisotopic (exact) mass is 605 g/mol. The average molecular weight is 605 g/mol. The van der Waals surface area contributed by atoms with Gasteiger partial charge in [0.05, 0.1) is 19.3 Å². The number of H-pyrrole nitrogens is 1. The number of carbonyl (C=O) groups is 1. The number of aromatic nitrogens is 2. The molecule has 10 atom stereocenters. The highest BCUT2D eigenvalue weighted by Crippen LogP contribution is 2.61. The molecule has 8 N–H and O–H groups in total. The van der Waals surface area contributed by atoms with Crippen molar-refractivity contribution in [2.45, 2.75) is 68.8 Å². The van der Waals surface area contributed by atoms with Crippen LogP contribution in [0.5, 0.6) is 0 Å². The lowest BCUT2D eigenvalue weighted by atomic mass is 9.97. The number of rotatable bonds is 11. The van der Waals surface area contributed by atoms with E-state index >= 15 is 0 Å². The highest BCUT2D eigenvalue weighted by Gasteiger charge is 2.49. The summed E-state index contributed by atoms with van der Waals surface area (Å²) in [4.78, 5) is 56.9. The number of amides is 1. The fourth-order valence-corrected chi connectivity index (χ4v) is 5.94. The van der Waals surface area contributed by atoms with Crippen LogP contribution in [0.1, 0.15) is 26.0 Å². The predicted molar refractivity (Wildman–Crippen MR) is 124 cm³/mol. The molecular formula is C18H29N3O16P2. The van der Waals surface area contributed by atoms with Crippen LogP contribution >= 0.6 is 15.6 Å². The molecular weight excluding hydrogens is 576 g/mol. The largest absolute Gasteiger partial charge is 0.483 e. The molecule has 3 rings (SSSR count). The Balaban J connectivity index is 1.63. The molecule has 39 heavy (non-hydrogen) atoms. The third kappa shape index (κ3) is 8.11. The van der Waals surface area contributed by atoms with Crippen LogP contribution < -0.4 is 16.6 Å². The van der Waals surface area contributed by atoms with Crippen molar-refractivity contribution >= 4 is 21.6 Å². The van der Waals surface area contributed by atoms with Gasteiger partial charge in [0.25, 0.3) is 5.56 Å². The Bertz CT molecular complexity index is 1220. The first kappa shape index (κ1) is 31.7. The number of phosphoric ester groups is 2. The van der Waals surface area contributed by atoms with Crippen molar-refractivity contribution in [2.75, 3.05) is 13.2 Å². The van der Waals surface area contributed by atoms with E-state index in [1.165, 1.54) is 6.92 Å². The van der Waals surface area contributed by atoms with Crippen molar-refractivity contribution in [3.05, 3.63) is 33.1 Å². The standard InChI is InChI=1S/C18H29N3O16P2/c1-2-11(24)19-14-16(27)15(26)9(6-22)35-17(14)36-39(31,32)37-38(29,30)33-7-10-8(23)5-13(34-10)21-4-3-12(25)20-18(21)28/h3-4,8-10,13-17,22-23,26-27H,2,5-7H2,1H3,(H,19,24)(H,29,30)(H,31,32)(H,20,25,28)/t8-,9+,10+,13+,14+,15+,16+,17+/m0/s1. The van der Waals surface area contributed by atoms with Gasteiger partial charge in [-0.25, -0.2) is 13.9 Å². The summed E-state index contributed by atoms with van der Waals surface area (Å²) in [7, 11) is -11.0. The van der Waals surface area contributed by atoms with E-state index in [2.05, 4.69) is 14.2 Å². The van der Waals surface area contributed by atoms with Crippen LogP contribution in [0.15, 0.2) is 21.9 Å². The van der Waals surface area contributed by atoms with Gasteiger partial charge in [-0.2, -0.15) is 4.31 Å². The Morgan fingerprint density at radius 1 is 1.15 bits per heavy atom. The molecule has 0 bridgehead atoms. The summed E-state index contributed by atoms with van der Waals surface area (Å²) < 4.78 is 49.9. The van der Waals surface area contributed by atoms with Crippen LogP contribution in [0.3, 0.4) is 0 Å². The van der Waals surface area contributed by atoms with Gasteiger partial charge in [0, 0.05) is 25.1 Å². The summed E-state index contributed by atoms with van der Waals surface area (Å²) in [6.45, 7) is -0.295. The van der Waals surface area contributed by atoms with Gasteiger partial charge in [-0.3, -0.25) is 28.2 Å². The Morgan fingerprint density at radius 3 is 2.46 bits per heavy atom. The molecule has 0 spiro atoms. The molecule has 0 aliphatic carbocycles. The van der Waals surface area contributed by atoms with Crippen LogP contribution in [0.4, 0.5) is 0 Å². The van der Waals surface area contributed by atoms with Gasteiger partial charge in [-0.05, 0) is 0 Å². The van der Waals surface area contributed by atoms with Crippen molar-refractivity contribution in [3.8, 4) is 0 Å². The van der Waals surface area contributed by atoms with Crippen molar-refractivity contribution < 1.29 is 67.0 Å². The lowest BCUT2D eigenvalue weighted by molar-refractivity contribution is -0.248. The summed E-state index contributed by atoms with van der Waals surface area (Å²) in [5, 5.41) is 42.0. The number of carbonyl (C=O) groups excluding carboxylic acids is 1. The maximum Gasteiger partial charge on any atom is 0.483 e. The van der Waals surface area contributed by atoms with Crippen LogP contribution in [0, 0.1) is 0 Å². The molecule has 2 unspecified atom stereocenters. The van der Waals surface area contributed by atoms with E-state index in [-0.39, 0.29) is 12.8 Å². The van der Waals surface area contributed by atoms with Gasteiger partial charge < -0.3 is 45.0 Å². The zero-order valence-corrected chi connectivity index (χ0v) is 22.0. The maximum atomic E-state index is 12.5. The van der Waals surface area contributed by atoms with Gasteiger partial charge >= 0.3 is 21.3 Å². The normalized spacial score (nSPS) is 34.2. The quantitative estimate of drug-likeness (QED) is 0.115. The topological polar surface area (TPSA) is 286 Å². The molecule has 1 amide bonds. The van der Waals surface area contributed by atoms with E-state index in [0.717, 1.165) is 16.8 Å². The Hall–Kier alpha value is -1.83. The van der Waals surface area contributed by atoms with Crippen LogP contribution in [0.25, 0.3) is 0 Å². The van der Waals surface area contributed by atoms with Crippen molar-refractivity contribution in [1.82, 2.24) is 14.9 Å². The van der Waals surface area contributed by atoms with Crippen LogP contribution in [-0.2, 0) is 36.8 Å². The van der Waals surface area contributed by atoms with Crippen molar-refractivity contribution in [3.63, 3.8) is 0 Å². The second-order valence-corrected chi connectivity index (χ2v) is 11.5. The number of nitrogens with one attached hydrogen (secondary N) is 2. The van der Waals surface area contributed by atoms with E-state index in [1.807, 2.05) is 4.98 Å². The lowest BCUT2D eigenvalue weighted by Gasteiger charge is -2.42. The van der Waals surface area contributed by atoms with Crippen molar-refractivity contribution in [2.24, 2.45) is 0 Å². The molecule has 2 saturated heterocycles. The molecule has 1 aromatic heterocycles.